The van der Waals surface area contributed by atoms with Crippen LogP contribution in [0.5, 0.6) is 5.75 Å². The molecule has 0 saturated carbocycles. The Morgan fingerprint density at radius 3 is 2.62 bits per heavy atom. The number of carbonyl (C=O) groups is 1. The standard InChI is InChI=1S/C14H14N4O3/c1-21-12-8-10(13(15)18-20)2-3-11(12)17-14(19)9-4-6-16-7-5-9/h2-8,20H,1H3,(H2,15,18)(H,17,19). The molecular formula is C14H14N4O3. The van der Waals surface area contributed by atoms with Gasteiger partial charge in [-0.2, -0.15) is 0 Å². The van der Waals surface area contributed by atoms with Crippen LogP contribution in [-0.2, 0) is 0 Å². The Hall–Kier alpha value is -3.09. The molecule has 0 unspecified atom stereocenters. The number of hydrogen-bond acceptors (Lipinski definition) is 5. The summed E-state index contributed by atoms with van der Waals surface area (Å²) in [5.41, 5.74) is 6.95. The van der Waals surface area contributed by atoms with Gasteiger partial charge in [0.1, 0.15) is 5.75 Å². The van der Waals surface area contributed by atoms with Gasteiger partial charge in [-0.3, -0.25) is 9.78 Å². The maximum Gasteiger partial charge on any atom is 0.255 e. The van der Waals surface area contributed by atoms with Gasteiger partial charge in [0.2, 0.25) is 0 Å². The number of ether oxygens (including phenoxy) is 1. The van der Waals surface area contributed by atoms with Gasteiger partial charge in [-0.25, -0.2) is 0 Å². The number of rotatable bonds is 4. The number of pyridine rings is 1. The molecule has 1 aromatic carbocycles. The van der Waals surface area contributed by atoms with Crippen LogP contribution in [0.1, 0.15) is 15.9 Å². The highest BCUT2D eigenvalue weighted by molar-refractivity contribution is 6.05. The summed E-state index contributed by atoms with van der Waals surface area (Å²) < 4.78 is 5.20. The summed E-state index contributed by atoms with van der Waals surface area (Å²) in [5, 5.41) is 14.3. The van der Waals surface area contributed by atoms with Crippen LogP contribution in [0.15, 0.2) is 47.9 Å². The summed E-state index contributed by atoms with van der Waals surface area (Å²) in [7, 11) is 1.47. The Balaban J connectivity index is 2.26. The predicted octanol–water partition coefficient (Wildman–Crippen LogP) is 1.44. The number of anilines is 1. The van der Waals surface area contributed by atoms with Crippen LogP contribution >= 0.6 is 0 Å². The summed E-state index contributed by atoms with van der Waals surface area (Å²) in [6, 6.07) is 8.00. The Morgan fingerprint density at radius 1 is 1.29 bits per heavy atom. The van der Waals surface area contributed by atoms with E-state index in [-0.39, 0.29) is 11.7 Å². The number of methoxy groups -OCH3 is 1. The van der Waals surface area contributed by atoms with E-state index in [0.717, 1.165) is 0 Å². The molecular weight excluding hydrogens is 272 g/mol. The largest absolute Gasteiger partial charge is 0.495 e. The van der Waals surface area contributed by atoms with Crippen molar-refractivity contribution in [2.24, 2.45) is 10.9 Å². The van der Waals surface area contributed by atoms with Gasteiger partial charge in [-0.15, -0.1) is 0 Å². The van der Waals surface area contributed by atoms with Gasteiger partial charge in [-0.1, -0.05) is 5.16 Å². The van der Waals surface area contributed by atoms with Gasteiger partial charge >= 0.3 is 0 Å². The molecule has 1 amide bonds. The molecule has 4 N–H and O–H groups in total. The highest BCUT2D eigenvalue weighted by Crippen LogP contribution is 2.26. The zero-order chi connectivity index (χ0) is 15.2. The molecule has 0 aliphatic heterocycles. The highest BCUT2D eigenvalue weighted by atomic mass is 16.5. The second-order valence-corrected chi connectivity index (χ2v) is 4.09. The Bertz CT molecular complexity index is 671. The third kappa shape index (κ3) is 3.27. The third-order valence-corrected chi connectivity index (χ3v) is 2.80. The second-order valence-electron chi connectivity index (χ2n) is 4.09. The van der Waals surface area contributed by atoms with Crippen LogP contribution in [0.3, 0.4) is 0 Å². The lowest BCUT2D eigenvalue weighted by Gasteiger charge is -2.11. The number of benzene rings is 1. The Labute approximate surface area is 121 Å². The SMILES string of the molecule is COc1cc(/C(N)=N/O)ccc1NC(=O)c1ccncc1. The molecule has 1 heterocycles. The molecule has 7 nitrogen and oxygen atoms in total. The molecule has 0 bridgehead atoms. The fourth-order valence-electron chi connectivity index (χ4n) is 1.71. The van der Waals surface area contributed by atoms with Crippen LogP contribution in [-0.4, -0.2) is 29.0 Å². The molecule has 0 aliphatic rings. The van der Waals surface area contributed by atoms with Gasteiger partial charge in [0, 0.05) is 23.5 Å². The molecule has 2 rings (SSSR count). The lowest BCUT2D eigenvalue weighted by atomic mass is 10.1. The van der Waals surface area contributed by atoms with Gasteiger partial charge in [0.05, 0.1) is 12.8 Å². The third-order valence-electron chi connectivity index (χ3n) is 2.80. The lowest BCUT2D eigenvalue weighted by molar-refractivity contribution is 0.102. The first-order valence-electron chi connectivity index (χ1n) is 6.03. The van der Waals surface area contributed by atoms with Crippen molar-refractivity contribution in [2.45, 2.75) is 0 Å². The van der Waals surface area contributed by atoms with E-state index in [0.29, 0.717) is 22.6 Å². The second kappa shape index (κ2) is 6.38. The average Bonchev–Trinajstić information content (AvgIpc) is 2.55. The Morgan fingerprint density at radius 2 is 2.00 bits per heavy atom. The first-order chi connectivity index (χ1) is 10.2. The van der Waals surface area contributed by atoms with Crippen molar-refractivity contribution in [1.29, 1.82) is 0 Å². The first kappa shape index (κ1) is 14.3. The molecule has 1 aromatic heterocycles. The van der Waals surface area contributed by atoms with E-state index in [4.69, 9.17) is 15.7 Å². The maximum absolute atomic E-state index is 12.1. The monoisotopic (exact) mass is 286 g/mol. The fourth-order valence-corrected chi connectivity index (χ4v) is 1.71. The minimum Gasteiger partial charge on any atom is -0.495 e. The van der Waals surface area contributed by atoms with E-state index in [9.17, 15) is 4.79 Å². The normalized spacial score (nSPS) is 11.0. The zero-order valence-electron chi connectivity index (χ0n) is 11.3. The Kier molecular flexibility index (Phi) is 4.35. The van der Waals surface area contributed by atoms with Gasteiger partial charge in [0.15, 0.2) is 5.84 Å². The molecule has 21 heavy (non-hydrogen) atoms. The quantitative estimate of drug-likeness (QED) is 0.341. The molecule has 0 spiro atoms. The number of nitrogens with zero attached hydrogens (tertiary/aromatic N) is 2. The average molecular weight is 286 g/mol. The number of carbonyl (C=O) groups excluding carboxylic acids is 1. The number of nitrogens with one attached hydrogen (secondary N) is 1. The van der Waals surface area contributed by atoms with E-state index in [1.807, 2.05) is 0 Å². The zero-order valence-corrected chi connectivity index (χ0v) is 11.3. The van der Waals surface area contributed by atoms with Crippen molar-refractivity contribution in [3.63, 3.8) is 0 Å². The van der Waals surface area contributed by atoms with E-state index >= 15 is 0 Å². The molecule has 7 heteroatoms. The number of amidine groups is 1. The minimum absolute atomic E-state index is 0.0414. The van der Waals surface area contributed by atoms with Crippen LogP contribution in [0.4, 0.5) is 5.69 Å². The lowest BCUT2D eigenvalue weighted by Crippen LogP contribution is -2.15. The molecule has 2 aromatic rings. The van der Waals surface area contributed by atoms with Gasteiger partial charge in [-0.05, 0) is 30.3 Å². The van der Waals surface area contributed by atoms with E-state index in [1.165, 1.54) is 19.5 Å². The number of amides is 1. The van der Waals surface area contributed by atoms with Crippen molar-refractivity contribution in [2.75, 3.05) is 12.4 Å². The summed E-state index contributed by atoms with van der Waals surface area (Å²) in [6.45, 7) is 0. The van der Waals surface area contributed by atoms with Crippen molar-refractivity contribution in [1.82, 2.24) is 4.98 Å². The summed E-state index contributed by atoms with van der Waals surface area (Å²) in [4.78, 5) is 15.9. The van der Waals surface area contributed by atoms with Crippen molar-refractivity contribution in [3.8, 4) is 5.75 Å². The minimum atomic E-state index is -0.285. The summed E-state index contributed by atoms with van der Waals surface area (Å²) >= 11 is 0. The van der Waals surface area contributed by atoms with E-state index < -0.39 is 0 Å². The molecule has 0 radical (unpaired) electrons. The van der Waals surface area contributed by atoms with Crippen molar-refractivity contribution < 1.29 is 14.7 Å². The predicted molar refractivity (Wildman–Crippen MR) is 77.7 cm³/mol. The van der Waals surface area contributed by atoms with Crippen molar-refractivity contribution in [3.05, 3.63) is 53.9 Å². The molecule has 108 valence electrons. The van der Waals surface area contributed by atoms with Crippen LogP contribution < -0.4 is 15.8 Å². The van der Waals surface area contributed by atoms with Crippen LogP contribution in [0.2, 0.25) is 0 Å². The summed E-state index contributed by atoms with van der Waals surface area (Å²) in [5.74, 6) is 0.0778. The first-order valence-corrected chi connectivity index (χ1v) is 6.03. The molecule has 0 atom stereocenters. The highest BCUT2D eigenvalue weighted by Gasteiger charge is 2.11. The van der Waals surface area contributed by atoms with E-state index in [2.05, 4.69) is 15.5 Å². The number of aromatic nitrogens is 1. The fraction of sp³-hybridized carbons (Fsp3) is 0.0714. The van der Waals surface area contributed by atoms with Crippen molar-refractivity contribution >= 4 is 17.4 Å². The molecule has 0 fully saturated rings. The number of oxime groups is 1. The van der Waals surface area contributed by atoms with Gasteiger partial charge in [0.25, 0.3) is 5.91 Å². The molecule has 0 aliphatic carbocycles. The summed E-state index contributed by atoms with van der Waals surface area (Å²) in [6.07, 6.45) is 3.07. The van der Waals surface area contributed by atoms with E-state index in [1.54, 1.807) is 30.3 Å². The smallest absolute Gasteiger partial charge is 0.255 e. The topological polar surface area (TPSA) is 110 Å². The molecule has 0 saturated heterocycles. The van der Waals surface area contributed by atoms with Crippen LogP contribution in [0, 0.1) is 0 Å². The maximum atomic E-state index is 12.1. The number of hydrogen-bond donors (Lipinski definition) is 3. The number of nitrogens with two attached hydrogens (primary N) is 1. The van der Waals surface area contributed by atoms with Crippen LogP contribution in [0.25, 0.3) is 0 Å². The van der Waals surface area contributed by atoms with Gasteiger partial charge < -0.3 is 21.0 Å².